The average molecular weight is 333 g/mol. The minimum absolute atomic E-state index is 0.246. The minimum atomic E-state index is 0.246. The Morgan fingerprint density at radius 3 is 2.80 bits per heavy atom. The van der Waals surface area contributed by atoms with Crippen molar-refractivity contribution in [3.05, 3.63) is 40.9 Å². The van der Waals surface area contributed by atoms with Gasteiger partial charge in [-0.25, -0.2) is 0 Å². The van der Waals surface area contributed by atoms with Crippen LogP contribution in [0.1, 0.15) is 12.8 Å². The summed E-state index contributed by atoms with van der Waals surface area (Å²) in [6.45, 7) is 1.88. The van der Waals surface area contributed by atoms with Crippen molar-refractivity contribution in [3.63, 3.8) is 0 Å². The molecule has 4 nitrogen and oxygen atoms in total. The van der Waals surface area contributed by atoms with E-state index in [1.165, 1.54) is 0 Å². The van der Waals surface area contributed by atoms with Crippen LogP contribution in [0.5, 0.6) is 0 Å². The molecule has 0 radical (unpaired) electrons. The molecule has 0 spiro atoms. The van der Waals surface area contributed by atoms with Crippen molar-refractivity contribution >= 4 is 21.7 Å². The molecule has 0 aliphatic carbocycles. The Morgan fingerprint density at radius 1 is 1.20 bits per heavy atom. The van der Waals surface area contributed by atoms with Crippen LogP contribution in [0.15, 0.2) is 40.9 Å². The lowest BCUT2D eigenvalue weighted by Gasteiger charge is -2.31. The maximum Gasteiger partial charge on any atom is 0.151 e. The summed E-state index contributed by atoms with van der Waals surface area (Å²) < 4.78 is 1.04. The lowest BCUT2D eigenvalue weighted by atomic mass is 10.1. The van der Waals surface area contributed by atoms with Crippen LogP contribution in [0.25, 0.3) is 11.3 Å². The van der Waals surface area contributed by atoms with Gasteiger partial charge in [0.2, 0.25) is 0 Å². The zero-order valence-corrected chi connectivity index (χ0v) is 12.8. The van der Waals surface area contributed by atoms with E-state index in [2.05, 4.69) is 31.0 Å². The van der Waals surface area contributed by atoms with Gasteiger partial charge in [-0.05, 0) is 37.1 Å². The zero-order valence-electron chi connectivity index (χ0n) is 11.2. The molecule has 0 saturated carbocycles. The van der Waals surface area contributed by atoms with Crippen LogP contribution in [0.4, 0.5) is 5.82 Å². The number of hydrogen-bond acceptors (Lipinski definition) is 4. The minimum Gasteiger partial charge on any atom is -0.354 e. The first-order chi connectivity index (χ1) is 9.72. The molecule has 1 aliphatic rings. The van der Waals surface area contributed by atoms with Crippen LogP contribution < -0.4 is 10.6 Å². The average Bonchev–Trinajstić information content (AvgIpc) is 2.47. The lowest BCUT2D eigenvalue weighted by Crippen LogP contribution is -2.43. The van der Waals surface area contributed by atoms with Crippen LogP contribution in [0.3, 0.4) is 0 Å². The summed E-state index contributed by atoms with van der Waals surface area (Å²) in [6, 6.07) is 12.4. The van der Waals surface area contributed by atoms with Crippen molar-refractivity contribution in [2.24, 2.45) is 5.73 Å². The molecule has 1 aromatic carbocycles. The second kappa shape index (κ2) is 5.89. The number of hydrogen-bond donors (Lipinski definition) is 1. The molecule has 1 aromatic heterocycles. The number of anilines is 1. The van der Waals surface area contributed by atoms with Crippen LogP contribution in [-0.4, -0.2) is 29.3 Å². The molecule has 20 heavy (non-hydrogen) atoms. The molecule has 104 valence electrons. The number of aromatic nitrogens is 2. The highest BCUT2D eigenvalue weighted by Crippen LogP contribution is 2.23. The van der Waals surface area contributed by atoms with Crippen molar-refractivity contribution in [2.45, 2.75) is 18.9 Å². The lowest BCUT2D eigenvalue weighted by molar-refractivity contribution is 0.502. The molecule has 1 atom stereocenters. The van der Waals surface area contributed by atoms with Gasteiger partial charge < -0.3 is 10.6 Å². The Hall–Kier alpha value is -1.46. The van der Waals surface area contributed by atoms with Gasteiger partial charge in [0, 0.05) is 29.2 Å². The molecule has 1 aliphatic heterocycles. The summed E-state index contributed by atoms with van der Waals surface area (Å²) in [5.41, 5.74) is 7.95. The normalized spacial score (nSPS) is 19.1. The van der Waals surface area contributed by atoms with Crippen LogP contribution in [0, 0.1) is 0 Å². The maximum absolute atomic E-state index is 6.01. The van der Waals surface area contributed by atoms with Gasteiger partial charge in [-0.2, -0.15) is 0 Å². The third-order valence-electron chi connectivity index (χ3n) is 3.55. The van der Waals surface area contributed by atoms with Gasteiger partial charge in [-0.15, -0.1) is 10.2 Å². The topological polar surface area (TPSA) is 55.0 Å². The first-order valence-corrected chi connectivity index (χ1v) is 7.62. The van der Waals surface area contributed by atoms with E-state index in [1.807, 2.05) is 36.4 Å². The number of piperidine rings is 1. The Labute approximate surface area is 127 Å². The first kappa shape index (κ1) is 13.5. The highest BCUT2D eigenvalue weighted by atomic mass is 79.9. The summed E-state index contributed by atoms with van der Waals surface area (Å²) >= 11 is 3.47. The van der Waals surface area contributed by atoms with E-state index in [4.69, 9.17) is 5.73 Å². The Kier molecular flexibility index (Phi) is 3.98. The summed E-state index contributed by atoms with van der Waals surface area (Å²) in [6.07, 6.45) is 2.22. The van der Waals surface area contributed by atoms with E-state index in [1.54, 1.807) is 0 Å². The van der Waals surface area contributed by atoms with Crippen molar-refractivity contribution in [1.29, 1.82) is 0 Å². The van der Waals surface area contributed by atoms with E-state index in [-0.39, 0.29) is 6.04 Å². The molecular weight excluding hydrogens is 316 g/mol. The SMILES string of the molecule is NC1CCCN(c2ccc(-c3cccc(Br)c3)nn2)C1. The van der Waals surface area contributed by atoms with E-state index in [9.17, 15) is 0 Å². The molecule has 1 saturated heterocycles. The number of nitrogens with zero attached hydrogens (tertiary/aromatic N) is 3. The highest BCUT2D eigenvalue weighted by Gasteiger charge is 2.18. The number of nitrogens with two attached hydrogens (primary N) is 1. The standard InChI is InChI=1S/C15H17BrN4/c16-12-4-1-3-11(9-12)14-6-7-15(19-18-14)20-8-2-5-13(17)10-20/h1,3-4,6-7,9,13H,2,5,8,10,17H2. The Morgan fingerprint density at radius 2 is 2.10 bits per heavy atom. The first-order valence-electron chi connectivity index (χ1n) is 6.82. The second-order valence-electron chi connectivity index (χ2n) is 5.14. The van der Waals surface area contributed by atoms with Crippen molar-refractivity contribution in [1.82, 2.24) is 10.2 Å². The van der Waals surface area contributed by atoms with Gasteiger partial charge in [-0.1, -0.05) is 28.1 Å². The van der Waals surface area contributed by atoms with Gasteiger partial charge >= 0.3 is 0 Å². The fourth-order valence-electron chi connectivity index (χ4n) is 2.51. The van der Waals surface area contributed by atoms with Gasteiger partial charge in [0.15, 0.2) is 5.82 Å². The Bertz CT molecular complexity index is 585. The molecule has 1 fully saturated rings. The van der Waals surface area contributed by atoms with E-state index >= 15 is 0 Å². The molecule has 1 unspecified atom stereocenters. The van der Waals surface area contributed by atoms with Crippen LogP contribution in [-0.2, 0) is 0 Å². The second-order valence-corrected chi connectivity index (χ2v) is 6.05. The molecule has 3 rings (SSSR count). The summed E-state index contributed by atoms with van der Waals surface area (Å²) in [4.78, 5) is 2.21. The molecule has 5 heteroatoms. The zero-order chi connectivity index (χ0) is 13.9. The predicted octanol–water partition coefficient (Wildman–Crippen LogP) is 2.83. The van der Waals surface area contributed by atoms with Gasteiger partial charge in [0.1, 0.15) is 0 Å². The monoisotopic (exact) mass is 332 g/mol. The fraction of sp³-hybridized carbons (Fsp3) is 0.333. The third kappa shape index (κ3) is 2.99. The maximum atomic E-state index is 6.01. The van der Waals surface area contributed by atoms with Crippen LogP contribution >= 0.6 is 15.9 Å². The number of halogens is 1. The van der Waals surface area contributed by atoms with Crippen molar-refractivity contribution in [3.8, 4) is 11.3 Å². The van der Waals surface area contributed by atoms with Gasteiger partial charge in [0.25, 0.3) is 0 Å². The van der Waals surface area contributed by atoms with Crippen molar-refractivity contribution < 1.29 is 0 Å². The Balaban J connectivity index is 1.80. The number of rotatable bonds is 2. The largest absolute Gasteiger partial charge is 0.354 e. The van der Waals surface area contributed by atoms with E-state index < -0.39 is 0 Å². The van der Waals surface area contributed by atoms with E-state index in [0.29, 0.717) is 0 Å². The van der Waals surface area contributed by atoms with Crippen LogP contribution in [0.2, 0.25) is 0 Å². The molecule has 2 heterocycles. The summed E-state index contributed by atoms with van der Waals surface area (Å²) in [7, 11) is 0. The van der Waals surface area contributed by atoms with Gasteiger partial charge in [-0.3, -0.25) is 0 Å². The fourth-order valence-corrected chi connectivity index (χ4v) is 2.91. The summed E-state index contributed by atoms with van der Waals surface area (Å²) in [5, 5.41) is 8.68. The summed E-state index contributed by atoms with van der Waals surface area (Å²) in [5.74, 6) is 0.916. The molecule has 2 N–H and O–H groups in total. The third-order valence-corrected chi connectivity index (χ3v) is 4.05. The molecular formula is C15H17BrN4. The molecule has 0 bridgehead atoms. The molecule has 0 amide bonds. The quantitative estimate of drug-likeness (QED) is 0.918. The van der Waals surface area contributed by atoms with Gasteiger partial charge in [0.05, 0.1) is 5.69 Å². The number of benzene rings is 1. The van der Waals surface area contributed by atoms with Crippen molar-refractivity contribution in [2.75, 3.05) is 18.0 Å². The van der Waals surface area contributed by atoms with E-state index in [0.717, 1.165) is 47.5 Å². The highest BCUT2D eigenvalue weighted by molar-refractivity contribution is 9.10. The molecule has 2 aromatic rings. The smallest absolute Gasteiger partial charge is 0.151 e. The predicted molar refractivity (Wildman–Crippen MR) is 84.6 cm³/mol.